The lowest BCUT2D eigenvalue weighted by Gasteiger charge is -2.10. The number of benzene rings is 2. The topological polar surface area (TPSA) is 81.7 Å². The predicted octanol–water partition coefficient (Wildman–Crippen LogP) is 3.40. The molecule has 0 aromatic heterocycles. The molecule has 0 unspecified atom stereocenters. The molecule has 1 N–H and O–H groups in total. The van der Waals surface area contributed by atoms with Crippen LogP contribution >= 0.6 is 15.9 Å². The van der Waals surface area contributed by atoms with E-state index in [1.807, 2.05) is 19.1 Å². The van der Waals surface area contributed by atoms with E-state index >= 15 is 0 Å². The fourth-order valence-corrected chi connectivity index (χ4v) is 3.28. The van der Waals surface area contributed by atoms with E-state index in [4.69, 9.17) is 9.47 Å². The first-order valence-electron chi connectivity index (χ1n) is 8.01. The van der Waals surface area contributed by atoms with Crippen LogP contribution in [-0.2, 0) is 26.2 Å². The number of carbonyl (C=O) groups is 1. The molecule has 27 heavy (non-hydrogen) atoms. The highest BCUT2D eigenvalue weighted by atomic mass is 79.9. The molecule has 8 heteroatoms. The van der Waals surface area contributed by atoms with Crippen LogP contribution in [0.4, 0.5) is 0 Å². The maximum absolute atomic E-state index is 12.0. The summed E-state index contributed by atoms with van der Waals surface area (Å²) < 4.78 is 37.2. The van der Waals surface area contributed by atoms with Gasteiger partial charge in [0.05, 0.1) is 7.11 Å². The number of ether oxygens (including phenoxy) is 2. The molecule has 0 fully saturated rings. The zero-order chi connectivity index (χ0) is 19.9. The minimum Gasteiger partial charge on any atom is -0.496 e. The third kappa shape index (κ3) is 7.16. The molecule has 0 aliphatic carbocycles. The Kier molecular flexibility index (Phi) is 7.58. The lowest BCUT2D eigenvalue weighted by atomic mass is 10.2. The summed E-state index contributed by atoms with van der Waals surface area (Å²) in [5.74, 6) is -0.114. The molecule has 0 bridgehead atoms. The van der Waals surface area contributed by atoms with Gasteiger partial charge < -0.3 is 9.47 Å². The first kappa shape index (κ1) is 21.1. The summed E-state index contributed by atoms with van der Waals surface area (Å²) in [6.07, 6.45) is 1.46. The summed E-state index contributed by atoms with van der Waals surface area (Å²) in [4.78, 5) is 11.8. The molecule has 0 heterocycles. The molecular weight excluding hydrogens is 434 g/mol. The van der Waals surface area contributed by atoms with Gasteiger partial charge in [0, 0.05) is 15.4 Å². The van der Waals surface area contributed by atoms with Gasteiger partial charge in [-0.25, -0.2) is 13.1 Å². The average Bonchev–Trinajstić information content (AvgIpc) is 2.64. The number of esters is 1. The van der Waals surface area contributed by atoms with E-state index in [1.54, 1.807) is 30.3 Å². The molecule has 0 atom stereocenters. The van der Waals surface area contributed by atoms with Crippen LogP contribution in [0.15, 0.2) is 52.3 Å². The number of hydrogen-bond donors (Lipinski definition) is 1. The first-order valence-corrected chi connectivity index (χ1v) is 10.4. The van der Waals surface area contributed by atoms with E-state index < -0.39 is 22.5 Å². The highest BCUT2D eigenvalue weighted by Crippen LogP contribution is 2.23. The second-order valence-corrected chi connectivity index (χ2v) is 8.26. The maximum atomic E-state index is 12.0. The normalized spacial score (nSPS) is 11.5. The smallest absolute Gasteiger partial charge is 0.321 e. The highest BCUT2D eigenvalue weighted by Gasteiger charge is 2.12. The number of nitrogens with one attached hydrogen (secondary N) is 1. The molecule has 2 aromatic carbocycles. The van der Waals surface area contributed by atoms with Gasteiger partial charge in [-0.05, 0) is 36.8 Å². The van der Waals surface area contributed by atoms with Gasteiger partial charge in [-0.3, -0.25) is 4.79 Å². The molecule has 0 aliphatic rings. The average molecular weight is 454 g/mol. The first-order chi connectivity index (χ1) is 12.8. The predicted molar refractivity (Wildman–Crippen MR) is 108 cm³/mol. The van der Waals surface area contributed by atoms with E-state index in [0.717, 1.165) is 21.0 Å². The van der Waals surface area contributed by atoms with E-state index in [1.165, 1.54) is 13.2 Å². The van der Waals surface area contributed by atoms with Crippen LogP contribution in [0.3, 0.4) is 0 Å². The van der Waals surface area contributed by atoms with Crippen molar-refractivity contribution in [1.29, 1.82) is 0 Å². The zero-order valence-electron chi connectivity index (χ0n) is 14.9. The molecule has 144 valence electrons. The van der Waals surface area contributed by atoms with Crippen LogP contribution in [0.2, 0.25) is 0 Å². The van der Waals surface area contributed by atoms with Crippen molar-refractivity contribution in [3.05, 3.63) is 69.0 Å². The summed E-state index contributed by atoms with van der Waals surface area (Å²) in [6, 6.07) is 12.7. The highest BCUT2D eigenvalue weighted by molar-refractivity contribution is 9.10. The number of aryl methyl sites for hydroxylation is 1. The second-order valence-electron chi connectivity index (χ2n) is 5.70. The van der Waals surface area contributed by atoms with Crippen LogP contribution in [0.1, 0.15) is 16.7 Å². The molecule has 2 rings (SSSR count). The number of hydrogen-bond acceptors (Lipinski definition) is 5. The van der Waals surface area contributed by atoms with Gasteiger partial charge >= 0.3 is 5.97 Å². The van der Waals surface area contributed by atoms with Gasteiger partial charge in [-0.15, -0.1) is 0 Å². The summed E-state index contributed by atoms with van der Waals surface area (Å²) >= 11 is 3.33. The Morgan fingerprint density at radius 3 is 2.56 bits per heavy atom. The Bertz CT molecular complexity index is 924. The molecule has 2 aromatic rings. The Morgan fingerprint density at radius 1 is 1.19 bits per heavy atom. The number of sulfonamides is 1. The van der Waals surface area contributed by atoms with Crippen molar-refractivity contribution < 1.29 is 22.7 Å². The molecular formula is C19H20BrNO5S. The number of methoxy groups -OCH3 is 1. The molecule has 0 radical (unpaired) electrons. The molecule has 0 saturated heterocycles. The molecule has 6 nitrogen and oxygen atoms in total. The van der Waals surface area contributed by atoms with Crippen LogP contribution in [0.5, 0.6) is 5.75 Å². The minimum atomic E-state index is -3.75. The van der Waals surface area contributed by atoms with Gasteiger partial charge in [0.2, 0.25) is 10.0 Å². The van der Waals surface area contributed by atoms with Crippen LogP contribution in [0, 0.1) is 6.92 Å². The van der Waals surface area contributed by atoms with Gasteiger partial charge in [0.1, 0.15) is 18.9 Å². The lowest BCUT2D eigenvalue weighted by molar-refractivity contribution is -0.143. The van der Waals surface area contributed by atoms with Crippen LogP contribution in [-0.4, -0.2) is 28.0 Å². The quantitative estimate of drug-likeness (QED) is 0.619. The molecule has 0 saturated carbocycles. The standard InChI is InChI=1S/C19H20BrNO5S/c1-14-3-5-15(6-4-14)9-10-27(23,24)21-12-19(22)26-13-16-11-17(20)7-8-18(16)25-2/h3-11,21H,12-13H2,1-2H3/b10-9+. The maximum Gasteiger partial charge on any atom is 0.321 e. The largest absolute Gasteiger partial charge is 0.496 e. The third-order valence-corrected chi connectivity index (χ3v) is 5.10. The van der Waals surface area contributed by atoms with Gasteiger partial charge in [0.15, 0.2) is 0 Å². The SMILES string of the molecule is COc1ccc(Br)cc1COC(=O)CNS(=O)(=O)/C=C/c1ccc(C)cc1. The van der Waals surface area contributed by atoms with Crippen molar-refractivity contribution in [2.75, 3.05) is 13.7 Å². The van der Waals surface area contributed by atoms with E-state index in [9.17, 15) is 13.2 Å². The molecule has 0 amide bonds. The van der Waals surface area contributed by atoms with Gasteiger partial charge in [-0.2, -0.15) is 0 Å². The van der Waals surface area contributed by atoms with Crippen LogP contribution < -0.4 is 9.46 Å². The minimum absolute atomic E-state index is 0.0254. The monoisotopic (exact) mass is 453 g/mol. The van der Waals surface area contributed by atoms with Crippen LogP contribution in [0.25, 0.3) is 6.08 Å². The van der Waals surface area contributed by atoms with Crippen molar-refractivity contribution in [1.82, 2.24) is 4.72 Å². The Balaban J connectivity index is 1.87. The summed E-state index contributed by atoms with van der Waals surface area (Å²) in [5.41, 5.74) is 2.50. The van der Waals surface area contributed by atoms with E-state index in [0.29, 0.717) is 11.3 Å². The Hall–Kier alpha value is -2.16. The third-order valence-electron chi connectivity index (χ3n) is 3.57. The van der Waals surface area contributed by atoms with Crippen molar-refractivity contribution in [2.45, 2.75) is 13.5 Å². The summed E-state index contributed by atoms with van der Waals surface area (Å²) in [7, 11) is -2.23. The van der Waals surface area contributed by atoms with Gasteiger partial charge in [-0.1, -0.05) is 45.8 Å². The number of rotatable bonds is 8. The van der Waals surface area contributed by atoms with Gasteiger partial charge in [0.25, 0.3) is 0 Å². The number of carbonyl (C=O) groups excluding carboxylic acids is 1. The van der Waals surface area contributed by atoms with Crippen molar-refractivity contribution >= 4 is 38.0 Å². The summed E-state index contributed by atoms with van der Waals surface area (Å²) in [5, 5.41) is 1.02. The van der Waals surface area contributed by atoms with E-state index in [2.05, 4.69) is 20.7 Å². The zero-order valence-corrected chi connectivity index (χ0v) is 17.3. The fraction of sp³-hybridized carbons (Fsp3) is 0.211. The number of halogens is 1. The fourth-order valence-electron chi connectivity index (χ4n) is 2.12. The Labute approximate surface area is 167 Å². The van der Waals surface area contributed by atoms with Crippen molar-refractivity contribution in [3.63, 3.8) is 0 Å². The van der Waals surface area contributed by atoms with E-state index in [-0.39, 0.29) is 6.61 Å². The van der Waals surface area contributed by atoms with Crippen molar-refractivity contribution in [3.8, 4) is 5.75 Å². The summed E-state index contributed by atoms with van der Waals surface area (Å²) in [6.45, 7) is 1.46. The lowest BCUT2D eigenvalue weighted by Crippen LogP contribution is -2.29. The second kappa shape index (κ2) is 9.68. The Morgan fingerprint density at radius 2 is 1.89 bits per heavy atom. The molecule has 0 spiro atoms. The van der Waals surface area contributed by atoms with Crippen molar-refractivity contribution in [2.24, 2.45) is 0 Å². The molecule has 0 aliphatic heterocycles.